The minimum Gasteiger partial charge on any atom is -0.340 e. The monoisotopic (exact) mass is 435 g/mol. The van der Waals surface area contributed by atoms with Gasteiger partial charge >= 0.3 is 0 Å². The fourth-order valence-electron chi connectivity index (χ4n) is 2.76. The largest absolute Gasteiger partial charge is 0.340 e. The third-order valence-electron chi connectivity index (χ3n) is 4.08. The number of fused-ring (bicyclic) bond motifs is 1. The zero-order valence-electron chi connectivity index (χ0n) is 14.3. The number of nitrogens with zero attached hydrogens (tertiary/aromatic N) is 2. The van der Waals surface area contributed by atoms with E-state index in [9.17, 15) is 13.2 Å². The lowest BCUT2D eigenvalue weighted by molar-refractivity contribution is -0.131. The molecule has 0 bridgehead atoms. The van der Waals surface area contributed by atoms with Crippen molar-refractivity contribution in [3.63, 3.8) is 0 Å². The van der Waals surface area contributed by atoms with Crippen molar-refractivity contribution in [1.82, 2.24) is 9.62 Å². The Morgan fingerprint density at radius 1 is 1.19 bits per heavy atom. The number of benzene rings is 2. The van der Waals surface area contributed by atoms with Crippen LogP contribution in [-0.2, 0) is 21.4 Å². The van der Waals surface area contributed by atoms with Crippen LogP contribution in [0, 0.1) is 0 Å². The van der Waals surface area contributed by atoms with Gasteiger partial charge in [0.05, 0.1) is 4.90 Å². The third-order valence-corrected chi connectivity index (χ3v) is 6.26. The van der Waals surface area contributed by atoms with E-state index in [1.165, 1.54) is 6.07 Å². The van der Waals surface area contributed by atoms with Crippen LogP contribution in [0.4, 0.5) is 0 Å². The highest BCUT2D eigenvalue weighted by atomic mass is 79.9. The normalized spacial score (nSPS) is 17.4. The molecule has 2 aromatic rings. The molecule has 0 saturated carbocycles. The Morgan fingerprint density at radius 3 is 2.58 bits per heavy atom. The second-order valence-corrected chi connectivity index (χ2v) is 8.55. The van der Waals surface area contributed by atoms with Gasteiger partial charge in [0.2, 0.25) is 5.91 Å². The quantitative estimate of drug-likeness (QED) is 0.800. The van der Waals surface area contributed by atoms with Crippen LogP contribution >= 0.6 is 15.9 Å². The summed E-state index contributed by atoms with van der Waals surface area (Å²) in [5.41, 5.74) is 1.47. The fraction of sp³-hybridized carbons (Fsp3) is 0.222. The van der Waals surface area contributed by atoms with Gasteiger partial charge in [0.1, 0.15) is 11.9 Å². The van der Waals surface area contributed by atoms with E-state index in [0.717, 1.165) is 10.0 Å². The second kappa shape index (κ2) is 7.20. The molecule has 136 valence electrons. The number of sulfonamides is 1. The number of nitrogens with one attached hydrogen (secondary N) is 1. The molecule has 1 aliphatic heterocycles. The Morgan fingerprint density at radius 2 is 1.85 bits per heavy atom. The van der Waals surface area contributed by atoms with Crippen molar-refractivity contribution in [3.8, 4) is 0 Å². The lowest BCUT2D eigenvalue weighted by atomic mass is 10.2. The Balaban J connectivity index is 1.80. The number of halogens is 1. The van der Waals surface area contributed by atoms with Gasteiger partial charge in [0.15, 0.2) is 0 Å². The van der Waals surface area contributed by atoms with E-state index < -0.39 is 16.1 Å². The Kier molecular flexibility index (Phi) is 5.15. The van der Waals surface area contributed by atoms with Gasteiger partial charge in [-0.3, -0.25) is 14.5 Å². The molecular weight excluding hydrogens is 418 g/mol. The lowest BCUT2D eigenvalue weighted by Crippen LogP contribution is -2.35. The van der Waals surface area contributed by atoms with Crippen LogP contribution in [0.15, 0.2) is 62.9 Å². The van der Waals surface area contributed by atoms with E-state index in [0.29, 0.717) is 12.1 Å². The number of carbonyl (C=O) groups excluding carboxylic acids is 1. The van der Waals surface area contributed by atoms with Crippen molar-refractivity contribution in [2.75, 3.05) is 7.05 Å². The van der Waals surface area contributed by atoms with Gasteiger partial charge in [-0.15, -0.1) is 0 Å². The van der Waals surface area contributed by atoms with Gasteiger partial charge in [-0.1, -0.05) is 46.3 Å². The van der Waals surface area contributed by atoms with Crippen molar-refractivity contribution in [3.05, 3.63) is 64.1 Å². The molecule has 0 aliphatic carbocycles. The number of carbonyl (C=O) groups is 1. The number of aliphatic imine (C=N–C) groups is 1. The summed E-state index contributed by atoms with van der Waals surface area (Å²) in [6.07, 6.45) is 0. The molecule has 0 aromatic heterocycles. The van der Waals surface area contributed by atoms with E-state index >= 15 is 0 Å². The summed E-state index contributed by atoms with van der Waals surface area (Å²) in [5.74, 6) is 0.00701. The van der Waals surface area contributed by atoms with Gasteiger partial charge in [0.25, 0.3) is 10.0 Å². The van der Waals surface area contributed by atoms with Crippen LogP contribution in [0.2, 0.25) is 0 Å². The molecule has 0 fully saturated rings. The summed E-state index contributed by atoms with van der Waals surface area (Å²) in [6, 6.07) is 13.5. The Bertz CT molecular complexity index is 989. The van der Waals surface area contributed by atoms with E-state index in [4.69, 9.17) is 0 Å². The van der Waals surface area contributed by atoms with E-state index in [1.54, 1.807) is 37.1 Å². The molecule has 3 rings (SSSR count). The molecule has 1 aliphatic rings. The van der Waals surface area contributed by atoms with Gasteiger partial charge in [-0.25, -0.2) is 8.42 Å². The van der Waals surface area contributed by atoms with Crippen LogP contribution in [0.3, 0.4) is 0 Å². The highest BCUT2D eigenvalue weighted by molar-refractivity contribution is 9.10. The summed E-state index contributed by atoms with van der Waals surface area (Å²) in [5, 5.41) is 0. The summed E-state index contributed by atoms with van der Waals surface area (Å²) >= 11 is 3.47. The first kappa shape index (κ1) is 18.6. The molecule has 6 nitrogen and oxygen atoms in total. The number of hydrogen-bond acceptors (Lipinski definition) is 4. The number of amides is 1. The van der Waals surface area contributed by atoms with Gasteiger partial charge in [-0.05, 0) is 30.7 Å². The fourth-order valence-corrected chi connectivity index (χ4v) is 4.41. The second-order valence-electron chi connectivity index (χ2n) is 6.04. The predicted octanol–water partition coefficient (Wildman–Crippen LogP) is 2.53. The van der Waals surface area contributed by atoms with Gasteiger partial charge < -0.3 is 4.90 Å². The summed E-state index contributed by atoms with van der Waals surface area (Å²) < 4.78 is 27.6. The maximum atomic E-state index is 12.6. The number of amidine groups is 1. The summed E-state index contributed by atoms with van der Waals surface area (Å²) in [4.78, 5) is 18.7. The lowest BCUT2D eigenvalue weighted by Gasteiger charge is -2.20. The van der Waals surface area contributed by atoms with Crippen LogP contribution in [0.1, 0.15) is 18.1 Å². The topological polar surface area (TPSA) is 78.8 Å². The summed E-state index contributed by atoms with van der Waals surface area (Å²) in [7, 11) is -1.91. The highest BCUT2D eigenvalue weighted by Crippen LogP contribution is 2.23. The first-order valence-electron chi connectivity index (χ1n) is 7.98. The molecule has 1 atom stereocenters. The van der Waals surface area contributed by atoms with E-state index in [2.05, 4.69) is 25.6 Å². The minimum atomic E-state index is -3.61. The van der Waals surface area contributed by atoms with Crippen molar-refractivity contribution >= 4 is 37.7 Å². The van der Waals surface area contributed by atoms with E-state index in [-0.39, 0.29) is 16.6 Å². The average molecular weight is 436 g/mol. The predicted molar refractivity (Wildman–Crippen MR) is 103 cm³/mol. The van der Waals surface area contributed by atoms with E-state index in [1.807, 2.05) is 24.3 Å². The average Bonchev–Trinajstić information content (AvgIpc) is 2.87. The maximum absolute atomic E-state index is 12.6. The smallest absolute Gasteiger partial charge is 0.263 e. The molecule has 1 heterocycles. The zero-order chi connectivity index (χ0) is 18.9. The Labute approximate surface area is 161 Å². The SMILES string of the molecule is CC(N=C1NS(=O)(=O)c2ccccc21)C(=O)N(C)Cc1ccccc1Br. The molecular formula is C18H18BrN3O3S. The number of likely N-dealkylation sites (N-methyl/N-ethyl adjacent to an activating group) is 1. The van der Waals surface area contributed by atoms with Gasteiger partial charge in [-0.2, -0.15) is 0 Å². The molecule has 0 radical (unpaired) electrons. The van der Waals surface area contributed by atoms with Crippen LogP contribution in [0.5, 0.6) is 0 Å². The van der Waals surface area contributed by atoms with Crippen LogP contribution < -0.4 is 4.72 Å². The zero-order valence-corrected chi connectivity index (χ0v) is 16.7. The van der Waals surface area contributed by atoms with Crippen LogP contribution in [-0.4, -0.2) is 38.2 Å². The first-order valence-corrected chi connectivity index (χ1v) is 10.3. The summed E-state index contributed by atoms with van der Waals surface area (Å²) in [6.45, 7) is 2.08. The van der Waals surface area contributed by atoms with Crippen molar-refractivity contribution < 1.29 is 13.2 Å². The molecule has 1 amide bonds. The molecule has 8 heteroatoms. The van der Waals surface area contributed by atoms with Crippen molar-refractivity contribution in [2.24, 2.45) is 4.99 Å². The third kappa shape index (κ3) is 3.66. The first-order chi connectivity index (χ1) is 12.3. The van der Waals surface area contributed by atoms with Crippen molar-refractivity contribution in [2.45, 2.75) is 24.4 Å². The minimum absolute atomic E-state index is 0.181. The van der Waals surface area contributed by atoms with Gasteiger partial charge in [0, 0.05) is 23.6 Å². The number of rotatable bonds is 4. The Hall–Kier alpha value is -2.19. The standard InChI is InChI=1S/C18H18BrN3O3S/c1-12(18(23)22(2)11-13-7-3-5-9-15(13)19)20-17-14-8-4-6-10-16(14)26(24,25)21-17/h3-10,12H,11H2,1-2H3,(H,20,21). The molecule has 0 spiro atoms. The molecule has 1 unspecified atom stereocenters. The molecule has 0 saturated heterocycles. The maximum Gasteiger partial charge on any atom is 0.263 e. The highest BCUT2D eigenvalue weighted by Gasteiger charge is 2.31. The molecule has 2 aromatic carbocycles. The number of hydrogen-bond donors (Lipinski definition) is 1. The molecule has 26 heavy (non-hydrogen) atoms. The molecule has 1 N–H and O–H groups in total. The van der Waals surface area contributed by atoms with Crippen LogP contribution in [0.25, 0.3) is 0 Å². The van der Waals surface area contributed by atoms with Crippen molar-refractivity contribution in [1.29, 1.82) is 0 Å².